The second kappa shape index (κ2) is 6.70. The molecule has 0 aliphatic carbocycles. The van der Waals surface area contributed by atoms with E-state index in [1.807, 2.05) is 36.9 Å². The normalized spacial score (nSPS) is 12.0. The average molecular weight is 324 g/mol. The highest BCUT2D eigenvalue weighted by Crippen LogP contribution is 2.23. The summed E-state index contributed by atoms with van der Waals surface area (Å²) in [5.41, 5.74) is 2.82. The van der Waals surface area contributed by atoms with Crippen LogP contribution in [0, 0.1) is 6.92 Å². The molecule has 0 aliphatic heterocycles. The summed E-state index contributed by atoms with van der Waals surface area (Å²) in [6.45, 7) is 2.91. The monoisotopic (exact) mass is 324 g/mol. The molecule has 0 unspecified atom stereocenters. The highest BCUT2D eigenvalue weighted by atomic mass is 32.2. The van der Waals surface area contributed by atoms with Crippen LogP contribution in [0.15, 0.2) is 39.9 Å². The number of hydrogen-bond donors (Lipinski definition) is 1. The van der Waals surface area contributed by atoms with E-state index in [-0.39, 0.29) is 0 Å². The van der Waals surface area contributed by atoms with Crippen LogP contribution in [0.1, 0.15) is 16.7 Å². The van der Waals surface area contributed by atoms with E-state index in [1.165, 1.54) is 4.31 Å². The molecular formula is C15H20N2O2S2. The highest BCUT2D eigenvalue weighted by molar-refractivity contribution is 7.89. The van der Waals surface area contributed by atoms with Gasteiger partial charge in [0.1, 0.15) is 0 Å². The van der Waals surface area contributed by atoms with E-state index in [1.54, 1.807) is 30.5 Å². The van der Waals surface area contributed by atoms with Gasteiger partial charge in [-0.1, -0.05) is 12.1 Å². The van der Waals surface area contributed by atoms with Gasteiger partial charge >= 0.3 is 0 Å². The molecule has 114 valence electrons. The van der Waals surface area contributed by atoms with Crippen LogP contribution in [0.5, 0.6) is 0 Å². The van der Waals surface area contributed by atoms with Gasteiger partial charge in [0.2, 0.25) is 10.0 Å². The summed E-state index contributed by atoms with van der Waals surface area (Å²) in [6, 6.07) is 7.36. The van der Waals surface area contributed by atoms with Gasteiger partial charge in [-0.15, -0.1) is 0 Å². The zero-order chi connectivity index (χ0) is 15.5. The van der Waals surface area contributed by atoms with Crippen LogP contribution in [-0.4, -0.2) is 26.8 Å². The lowest BCUT2D eigenvalue weighted by atomic mass is 10.1. The van der Waals surface area contributed by atoms with Gasteiger partial charge in [0.15, 0.2) is 0 Å². The van der Waals surface area contributed by atoms with Crippen LogP contribution < -0.4 is 5.32 Å². The third kappa shape index (κ3) is 3.52. The molecule has 2 aromatic rings. The second-order valence-corrected chi connectivity index (χ2v) is 7.76. The molecule has 0 saturated heterocycles. The molecule has 1 aromatic heterocycles. The highest BCUT2D eigenvalue weighted by Gasteiger charge is 2.23. The molecule has 0 spiro atoms. The molecule has 21 heavy (non-hydrogen) atoms. The van der Waals surface area contributed by atoms with Crippen LogP contribution in [0.3, 0.4) is 0 Å². The minimum Gasteiger partial charge on any atom is -0.316 e. The van der Waals surface area contributed by atoms with Crippen LogP contribution in [0.25, 0.3) is 0 Å². The van der Waals surface area contributed by atoms with Crippen molar-refractivity contribution in [1.82, 2.24) is 9.62 Å². The summed E-state index contributed by atoms with van der Waals surface area (Å²) in [7, 11) is -0.00366. The third-order valence-electron chi connectivity index (χ3n) is 3.44. The number of benzene rings is 1. The van der Waals surface area contributed by atoms with Crippen molar-refractivity contribution in [2.24, 2.45) is 0 Å². The summed E-state index contributed by atoms with van der Waals surface area (Å²) in [5.74, 6) is 0. The molecule has 4 nitrogen and oxygen atoms in total. The Morgan fingerprint density at radius 1 is 1.29 bits per heavy atom. The predicted octanol–water partition coefficient (Wildman–Crippen LogP) is 2.60. The smallest absolute Gasteiger partial charge is 0.243 e. The van der Waals surface area contributed by atoms with Crippen molar-refractivity contribution in [1.29, 1.82) is 0 Å². The molecule has 0 fully saturated rings. The molecule has 0 amide bonds. The van der Waals surface area contributed by atoms with Crippen molar-refractivity contribution in [2.75, 3.05) is 14.1 Å². The Balaban J connectivity index is 2.33. The number of nitrogens with one attached hydrogen (secondary N) is 1. The fourth-order valence-corrected chi connectivity index (χ4v) is 4.30. The topological polar surface area (TPSA) is 49.4 Å². The van der Waals surface area contributed by atoms with E-state index in [9.17, 15) is 8.42 Å². The van der Waals surface area contributed by atoms with Gasteiger partial charge in [-0.3, -0.25) is 0 Å². The van der Waals surface area contributed by atoms with E-state index < -0.39 is 10.0 Å². The fourth-order valence-electron chi connectivity index (χ4n) is 2.21. The molecule has 1 N–H and O–H groups in total. The van der Waals surface area contributed by atoms with Crippen molar-refractivity contribution in [3.63, 3.8) is 0 Å². The molecule has 6 heteroatoms. The molecule has 1 aromatic carbocycles. The zero-order valence-electron chi connectivity index (χ0n) is 12.5. The Morgan fingerprint density at radius 3 is 2.67 bits per heavy atom. The summed E-state index contributed by atoms with van der Waals surface area (Å²) >= 11 is 1.57. The number of nitrogens with zero attached hydrogens (tertiary/aromatic N) is 1. The maximum absolute atomic E-state index is 12.7. The van der Waals surface area contributed by atoms with Gasteiger partial charge in [-0.2, -0.15) is 15.6 Å². The van der Waals surface area contributed by atoms with E-state index in [0.29, 0.717) is 18.0 Å². The molecule has 0 saturated carbocycles. The Bertz CT molecular complexity index is 694. The molecule has 1 heterocycles. The van der Waals surface area contributed by atoms with E-state index in [0.717, 1.165) is 16.7 Å². The van der Waals surface area contributed by atoms with Crippen molar-refractivity contribution >= 4 is 21.4 Å². The van der Waals surface area contributed by atoms with E-state index in [2.05, 4.69) is 5.32 Å². The lowest BCUT2D eigenvalue weighted by Crippen LogP contribution is -2.27. The Morgan fingerprint density at radius 2 is 2.05 bits per heavy atom. The Labute approximate surface area is 130 Å². The number of thiophene rings is 1. The predicted molar refractivity (Wildman–Crippen MR) is 86.9 cm³/mol. The first-order valence-electron chi connectivity index (χ1n) is 6.67. The Kier molecular flexibility index (Phi) is 5.16. The number of sulfonamides is 1. The van der Waals surface area contributed by atoms with Crippen molar-refractivity contribution < 1.29 is 8.42 Å². The molecule has 0 aliphatic rings. The van der Waals surface area contributed by atoms with Gasteiger partial charge < -0.3 is 5.32 Å². The first kappa shape index (κ1) is 16.2. The van der Waals surface area contributed by atoms with Gasteiger partial charge in [-0.25, -0.2) is 8.42 Å². The molecule has 0 bridgehead atoms. The van der Waals surface area contributed by atoms with Crippen LogP contribution >= 0.6 is 11.3 Å². The quantitative estimate of drug-likeness (QED) is 0.888. The number of hydrogen-bond acceptors (Lipinski definition) is 4. The average Bonchev–Trinajstić information content (AvgIpc) is 2.94. The van der Waals surface area contributed by atoms with Gasteiger partial charge in [-0.05, 0) is 53.6 Å². The SMILES string of the molecule is CNCc1cccc(S(=O)(=O)N(C)Cc2ccsc2)c1C. The molecule has 0 atom stereocenters. The maximum atomic E-state index is 12.7. The molecular weight excluding hydrogens is 304 g/mol. The minimum atomic E-state index is -3.48. The fraction of sp³-hybridized carbons (Fsp3) is 0.333. The zero-order valence-corrected chi connectivity index (χ0v) is 14.1. The number of rotatable bonds is 6. The third-order valence-corrected chi connectivity index (χ3v) is 6.12. The van der Waals surface area contributed by atoms with Crippen LogP contribution in [0.2, 0.25) is 0 Å². The maximum Gasteiger partial charge on any atom is 0.243 e. The van der Waals surface area contributed by atoms with Crippen LogP contribution in [-0.2, 0) is 23.1 Å². The summed E-state index contributed by atoms with van der Waals surface area (Å²) < 4.78 is 26.9. The summed E-state index contributed by atoms with van der Waals surface area (Å²) in [6.07, 6.45) is 0. The Hall–Kier alpha value is -1.21. The first-order chi connectivity index (χ1) is 9.96. The van der Waals surface area contributed by atoms with Crippen LogP contribution in [0.4, 0.5) is 0 Å². The summed E-state index contributed by atoms with van der Waals surface area (Å²) in [4.78, 5) is 0.382. The largest absolute Gasteiger partial charge is 0.316 e. The van der Waals surface area contributed by atoms with Gasteiger partial charge in [0.25, 0.3) is 0 Å². The van der Waals surface area contributed by atoms with Gasteiger partial charge in [0.05, 0.1) is 4.90 Å². The lowest BCUT2D eigenvalue weighted by Gasteiger charge is -2.19. The van der Waals surface area contributed by atoms with Crippen molar-refractivity contribution in [3.8, 4) is 0 Å². The van der Waals surface area contributed by atoms with E-state index >= 15 is 0 Å². The summed E-state index contributed by atoms with van der Waals surface area (Å²) in [5, 5.41) is 6.98. The second-order valence-electron chi connectivity index (χ2n) is 4.96. The van der Waals surface area contributed by atoms with Crippen molar-refractivity contribution in [2.45, 2.75) is 24.9 Å². The molecule has 0 radical (unpaired) electrons. The van der Waals surface area contributed by atoms with Crippen molar-refractivity contribution in [3.05, 3.63) is 51.7 Å². The minimum absolute atomic E-state index is 0.382. The molecule has 2 rings (SSSR count). The first-order valence-corrected chi connectivity index (χ1v) is 9.05. The van der Waals surface area contributed by atoms with E-state index in [4.69, 9.17) is 0 Å². The van der Waals surface area contributed by atoms with Gasteiger partial charge in [0, 0.05) is 20.1 Å². The standard InChI is InChI=1S/C15H20N2O2S2/c1-12-14(9-16-2)5-4-6-15(12)21(18,19)17(3)10-13-7-8-20-11-13/h4-8,11,16H,9-10H2,1-3H3. The lowest BCUT2D eigenvalue weighted by molar-refractivity contribution is 0.466.